The Morgan fingerprint density at radius 1 is 1.17 bits per heavy atom. The molecule has 2 aliphatic carbocycles. The van der Waals surface area contributed by atoms with Crippen LogP contribution in [0.1, 0.15) is 51.3 Å². The van der Waals surface area contributed by atoms with Crippen molar-refractivity contribution < 1.29 is 9.53 Å². The highest BCUT2D eigenvalue weighted by Crippen LogP contribution is 2.36. The summed E-state index contributed by atoms with van der Waals surface area (Å²) in [6.45, 7) is 2.59. The van der Waals surface area contributed by atoms with Crippen LogP contribution in [0.3, 0.4) is 0 Å². The molecule has 1 heterocycles. The van der Waals surface area contributed by atoms with E-state index in [1.165, 1.54) is 24.6 Å². The van der Waals surface area contributed by atoms with Crippen LogP contribution in [-0.2, 0) is 18.4 Å². The predicted octanol–water partition coefficient (Wildman–Crippen LogP) is 4.71. The Kier molecular flexibility index (Phi) is 6.88. The largest absolute Gasteiger partial charge is 0.484 e. The lowest BCUT2D eigenvalue weighted by molar-refractivity contribution is -0.132. The van der Waals surface area contributed by atoms with E-state index in [-0.39, 0.29) is 12.5 Å². The molecule has 1 aromatic carbocycles. The van der Waals surface area contributed by atoms with E-state index in [4.69, 9.17) is 16.3 Å². The highest BCUT2D eigenvalue weighted by molar-refractivity contribution is 7.99. The van der Waals surface area contributed by atoms with E-state index in [0.717, 1.165) is 36.8 Å². The Morgan fingerprint density at radius 2 is 1.83 bits per heavy atom. The van der Waals surface area contributed by atoms with Gasteiger partial charge in [-0.25, -0.2) is 0 Å². The highest BCUT2D eigenvalue weighted by atomic mass is 35.5. The number of halogens is 1. The van der Waals surface area contributed by atoms with Crippen LogP contribution in [0, 0.1) is 5.92 Å². The molecule has 0 unspecified atom stereocenters. The number of carbonyl (C=O) groups is 1. The van der Waals surface area contributed by atoms with E-state index in [1.807, 2.05) is 29.8 Å². The molecule has 30 heavy (non-hydrogen) atoms. The fourth-order valence-corrected chi connectivity index (χ4v) is 5.07. The quantitative estimate of drug-likeness (QED) is 0.547. The Bertz CT molecular complexity index is 878. The van der Waals surface area contributed by atoms with Gasteiger partial charge in [-0.3, -0.25) is 4.79 Å². The lowest BCUT2D eigenvalue weighted by Crippen LogP contribution is -2.44. The van der Waals surface area contributed by atoms with Crippen LogP contribution in [-0.4, -0.2) is 43.4 Å². The minimum atomic E-state index is 0.235. The second kappa shape index (κ2) is 9.60. The second-order valence-electron chi connectivity index (χ2n) is 8.41. The summed E-state index contributed by atoms with van der Waals surface area (Å²) in [4.78, 5) is 15.2. The van der Waals surface area contributed by atoms with Crippen molar-refractivity contribution in [1.29, 1.82) is 0 Å². The first-order chi connectivity index (χ1) is 14.5. The predicted molar refractivity (Wildman–Crippen MR) is 119 cm³/mol. The van der Waals surface area contributed by atoms with Gasteiger partial charge in [0.1, 0.15) is 12.4 Å². The number of aromatic nitrogens is 3. The van der Waals surface area contributed by atoms with Gasteiger partial charge in [-0.1, -0.05) is 42.4 Å². The van der Waals surface area contributed by atoms with Crippen molar-refractivity contribution in [2.75, 3.05) is 5.75 Å². The van der Waals surface area contributed by atoms with Gasteiger partial charge in [-0.2, -0.15) is 0 Å². The van der Waals surface area contributed by atoms with Gasteiger partial charge in [-0.15, -0.1) is 10.2 Å². The van der Waals surface area contributed by atoms with Gasteiger partial charge in [0.15, 0.2) is 11.0 Å². The van der Waals surface area contributed by atoms with Crippen molar-refractivity contribution in [1.82, 2.24) is 19.7 Å². The number of rotatable bonds is 8. The lowest BCUT2D eigenvalue weighted by Gasteiger charge is -2.36. The average Bonchev–Trinajstić information content (AvgIpc) is 3.51. The molecule has 4 rings (SSSR count). The van der Waals surface area contributed by atoms with Gasteiger partial charge in [0.25, 0.3) is 0 Å². The molecule has 0 saturated heterocycles. The molecule has 0 atom stereocenters. The summed E-state index contributed by atoms with van der Waals surface area (Å²) in [5.74, 6) is 2.74. The zero-order chi connectivity index (χ0) is 21.1. The Labute approximate surface area is 187 Å². The topological polar surface area (TPSA) is 60.3 Å². The van der Waals surface area contributed by atoms with Crippen molar-refractivity contribution in [2.24, 2.45) is 13.0 Å². The molecular formula is C22H29ClN4O2S. The molecule has 8 heteroatoms. The number of nitrogens with zero attached hydrogens (tertiary/aromatic N) is 4. The summed E-state index contributed by atoms with van der Waals surface area (Å²) in [6.07, 6.45) is 7.04. The molecule has 6 nitrogen and oxygen atoms in total. The van der Waals surface area contributed by atoms with E-state index in [1.54, 1.807) is 6.07 Å². The summed E-state index contributed by atoms with van der Waals surface area (Å²) < 4.78 is 7.66. The molecule has 0 aliphatic heterocycles. The number of ether oxygens (including phenoxy) is 1. The fraction of sp³-hybridized carbons (Fsp3) is 0.591. The fourth-order valence-electron chi connectivity index (χ4n) is 4.08. The first kappa shape index (κ1) is 21.5. The highest BCUT2D eigenvalue weighted by Gasteiger charge is 2.38. The van der Waals surface area contributed by atoms with Gasteiger partial charge >= 0.3 is 0 Å². The van der Waals surface area contributed by atoms with Crippen LogP contribution in [0.2, 0.25) is 5.02 Å². The van der Waals surface area contributed by atoms with E-state index < -0.39 is 0 Å². The smallest absolute Gasteiger partial charge is 0.233 e. The van der Waals surface area contributed by atoms with Crippen LogP contribution < -0.4 is 4.74 Å². The number of thioether (sulfide) groups is 1. The molecule has 2 saturated carbocycles. The first-order valence-electron chi connectivity index (χ1n) is 10.7. The van der Waals surface area contributed by atoms with E-state index in [2.05, 4.69) is 22.0 Å². The van der Waals surface area contributed by atoms with Crippen LogP contribution in [0.4, 0.5) is 0 Å². The number of hydrogen-bond donors (Lipinski definition) is 0. The van der Waals surface area contributed by atoms with Crippen LogP contribution in [0.25, 0.3) is 0 Å². The minimum Gasteiger partial charge on any atom is -0.484 e. The van der Waals surface area contributed by atoms with E-state index in [0.29, 0.717) is 34.4 Å². The molecule has 2 aromatic rings. The van der Waals surface area contributed by atoms with Crippen molar-refractivity contribution in [3.63, 3.8) is 0 Å². The number of hydrogen-bond acceptors (Lipinski definition) is 5. The number of para-hydroxylation sites is 1. The third kappa shape index (κ3) is 5.11. The van der Waals surface area contributed by atoms with Gasteiger partial charge in [-0.05, 0) is 56.6 Å². The van der Waals surface area contributed by atoms with Crippen molar-refractivity contribution in [3.05, 3.63) is 35.1 Å². The minimum absolute atomic E-state index is 0.235. The molecule has 1 aromatic heterocycles. The van der Waals surface area contributed by atoms with E-state index >= 15 is 0 Å². The van der Waals surface area contributed by atoms with Gasteiger partial charge in [0, 0.05) is 19.1 Å². The maximum absolute atomic E-state index is 13.1. The summed E-state index contributed by atoms with van der Waals surface area (Å²) in [5.41, 5.74) is 0. The van der Waals surface area contributed by atoms with Crippen molar-refractivity contribution in [2.45, 2.75) is 69.3 Å². The first-order valence-corrected chi connectivity index (χ1v) is 12.1. The Hall–Kier alpha value is -1.73. The summed E-state index contributed by atoms with van der Waals surface area (Å²) in [5, 5.41) is 9.78. The maximum atomic E-state index is 13.1. The van der Waals surface area contributed by atoms with Crippen LogP contribution in [0.15, 0.2) is 29.4 Å². The SMILES string of the molecule is CC1CCC(N(C(=O)CSc2nnc(COc3ccccc3Cl)n2C)C2CC2)CC1. The van der Waals surface area contributed by atoms with Crippen molar-refractivity contribution in [3.8, 4) is 5.75 Å². The summed E-state index contributed by atoms with van der Waals surface area (Å²) in [6, 6.07) is 8.23. The molecule has 1 amide bonds. The van der Waals surface area contributed by atoms with Gasteiger partial charge in [0.2, 0.25) is 5.91 Å². The van der Waals surface area contributed by atoms with Crippen molar-refractivity contribution >= 4 is 29.3 Å². The van der Waals surface area contributed by atoms with Gasteiger partial charge in [0.05, 0.1) is 10.8 Å². The number of amides is 1. The standard InChI is InChI=1S/C22H29ClN4O2S/c1-15-7-9-16(10-8-15)27(17-11-12-17)21(28)14-30-22-25-24-20(26(22)2)13-29-19-6-4-3-5-18(19)23/h3-6,15-17H,7-14H2,1-2H3. The molecule has 2 fully saturated rings. The number of benzene rings is 1. The molecule has 162 valence electrons. The lowest BCUT2D eigenvalue weighted by atomic mass is 9.86. The number of carbonyl (C=O) groups excluding carboxylic acids is 1. The molecule has 0 spiro atoms. The average molecular weight is 449 g/mol. The zero-order valence-electron chi connectivity index (χ0n) is 17.6. The molecule has 0 N–H and O–H groups in total. The molecular weight excluding hydrogens is 420 g/mol. The Morgan fingerprint density at radius 3 is 2.50 bits per heavy atom. The summed E-state index contributed by atoms with van der Waals surface area (Å²) in [7, 11) is 1.90. The maximum Gasteiger partial charge on any atom is 0.233 e. The monoisotopic (exact) mass is 448 g/mol. The normalized spacial score (nSPS) is 21.4. The van der Waals surface area contributed by atoms with Crippen LogP contribution in [0.5, 0.6) is 5.75 Å². The summed E-state index contributed by atoms with van der Waals surface area (Å²) >= 11 is 7.59. The Balaban J connectivity index is 1.33. The zero-order valence-corrected chi connectivity index (χ0v) is 19.2. The molecule has 0 radical (unpaired) electrons. The third-order valence-electron chi connectivity index (χ3n) is 6.05. The second-order valence-corrected chi connectivity index (χ2v) is 9.76. The van der Waals surface area contributed by atoms with E-state index in [9.17, 15) is 4.79 Å². The molecule has 0 bridgehead atoms. The molecule has 2 aliphatic rings. The third-order valence-corrected chi connectivity index (χ3v) is 7.37. The van der Waals surface area contributed by atoms with Crippen LogP contribution >= 0.6 is 23.4 Å². The van der Waals surface area contributed by atoms with Gasteiger partial charge < -0.3 is 14.2 Å².